The van der Waals surface area contributed by atoms with Crippen LogP contribution in [0.15, 0.2) is 18.2 Å². The second-order valence-electron chi connectivity index (χ2n) is 5.23. The SMILES string of the molecule is COCCCCCn1c(C(C)Cl)nc2c(C)cccc21. The molecule has 2 rings (SSSR count). The first kappa shape index (κ1) is 15.3. The van der Waals surface area contributed by atoms with Crippen LogP contribution >= 0.6 is 11.6 Å². The molecule has 110 valence electrons. The Hall–Kier alpha value is -1.06. The van der Waals surface area contributed by atoms with E-state index in [2.05, 4.69) is 29.7 Å². The summed E-state index contributed by atoms with van der Waals surface area (Å²) < 4.78 is 7.36. The fraction of sp³-hybridized carbons (Fsp3) is 0.562. The molecule has 0 bridgehead atoms. The fourth-order valence-electron chi connectivity index (χ4n) is 2.54. The van der Waals surface area contributed by atoms with Gasteiger partial charge >= 0.3 is 0 Å². The minimum absolute atomic E-state index is 0.0687. The van der Waals surface area contributed by atoms with Gasteiger partial charge in [0.15, 0.2) is 0 Å². The average molecular weight is 295 g/mol. The molecule has 0 saturated carbocycles. The standard InChI is InChI=1S/C16H23ClN2O/c1-12-8-7-9-14-15(12)18-16(13(2)17)19(14)10-5-4-6-11-20-3/h7-9,13H,4-6,10-11H2,1-3H3. The number of imidazole rings is 1. The molecule has 0 radical (unpaired) electrons. The van der Waals surface area contributed by atoms with Crippen molar-refractivity contribution in [3.05, 3.63) is 29.6 Å². The van der Waals surface area contributed by atoms with Crippen LogP contribution in [-0.2, 0) is 11.3 Å². The van der Waals surface area contributed by atoms with Gasteiger partial charge in [-0.3, -0.25) is 0 Å². The Morgan fingerprint density at radius 3 is 2.80 bits per heavy atom. The van der Waals surface area contributed by atoms with Gasteiger partial charge in [-0.25, -0.2) is 4.98 Å². The number of hydrogen-bond acceptors (Lipinski definition) is 2. The Bertz CT molecular complexity index is 563. The second kappa shape index (κ2) is 7.09. The van der Waals surface area contributed by atoms with Crippen molar-refractivity contribution >= 4 is 22.6 Å². The number of aryl methyl sites for hydroxylation is 2. The number of para-hydroxylation sites is 1. The molecule has 0 aliphatic carbocycles. The normalized spacial score (nSPS) is 13.0. The summed E-state index contributed by atoms with van der Waals surface area (Å²) in [6.07, 6.45) is 3.39. The van der Waals surface area contributed by atoms with Gasteiger partial charge in [0.05, 0.1) is 16.4 Å². The molecule has 2 aromatic rings. The third-order valence-corrected chi connectivity index (χ3v) is 3.79. The van der Waals surface area contributed by atoms with Gasteiger partial charge in [-0.1, -0.05) is 12.1 Å². The van der Waals surface area contributed by atoms with E-state index in [9.17, 15) is 0 Å². The summed E-state index contributed by atoms with van der Waals surface area (Å²) in [4.78, 5) is 4.73. The number of hydrogen-bond donors (Lipinski definition) is 0. The Kier molecular flexibility index (Phi) is 5.44. The van der Waals surface area contributed by atoms with Crippen LogP contribution in [0.3, 0.4) is 0 Å². The summed E-state index contributed by atoms with van der Waals surface area (Å²) in [5.41, 5.74) is 3.48. The first-order valence-corrected chi connectivity index (χ1v) is 7.67. The molecule has 1 aromatic carbocycles. The summed E-state index contributed by atoms with van der Waals surface area (Å²) >= 11 is 6.29. The number of aromatic nitrogens is 2. The highest BCUT2D eigenvalue weighted by molar-refractivity contribution is 6.20. The topological polar surface area (TPSA) is 27.1 Å². The van der Waals surface area contributed by atoms with Crippen molar-refractivity contribution in [3.8, 4) is 0 Å². The highest BCUT2D eigenvalue weighted by Gasteiger charge is 2.15. The monoisotopic (exact) mass is 294 g/mol. The predicted molar refractivity (Wildman–Crippen MR) is 84.5 cm³/mol. The Morgan fingerprint density at radius 2 is 2.10 bits per heavy atom. The summed E-state index contributed by atoms with van der Waals surface area (Å²) in [7, 11) is 1.75. The molecule has 1 atom stereocenters. The minimum Gasteiger partial charge on any atom is -0.385 e. The van der Waals surface area contributed by atoms with Crippen molar-refractivity contribution in [2.75, 3.05) is 13.7 Å². The summed E-state index contributed by atoms with van der Waals surface area (Å²) in [5, 5.41) is -0.0687. The van der Waals surface area contributed by atoms with E-state index in [0.29, 0.717) is 0 Å². The molecule has 1 heterocycles. The number of methoxy groups -OCH3 is 1. The van der Waals surface area contributed by atoms with Crippen LogP contribution in [-0.4, -0.2) is 23.3 Å². The third-order valence-electron chi connectivity index (χ3n) is 3.60. The molecule has 0 fully saturated rings. The lowest BCUT2D eigenvalue weighted by Gasteiger charge is -2.10. The number of unbranched alkanes of at least 4 members (excludes halogenated alkanes) is 2. The van der Waals surface area contributed by atoms with Gasteiger partial charge in [0.25, 0.3) is 0 Å². The molecule has 0 spiro atoms. The van der Waals surface area contributed by atoms with E-state index in [-0.39, 0.29) is 5.38 Å². The van der Waals surface area contributed by atoms with Gasteiger partial charge in [-0.15, -0.1) is 11.6 Å². The Labute approximate surface area is 125 Å². The van der Waals surface area contributed by atoms with Gasteiger partial charge in [-0.05, 0) is 44.7 Å². The molecule has 4 heteroatoms. The molecule has 0 amide bonds. The zero-order valence-electron chi connectivity index (χ0n) is 12.5. The highest BCUT2D eigenvalue weighted by atomic mass is 35.5. The molecular weight excluding hydrogens is 272 g/mol. The van der Waals surface area contributed by atoms with Crippen LogP contribution in [0.2, 0.25) is 0 Å². The van der Waals surface area contributed by atoms with Gasteiger partial charge in [-0.2, -0.15) is 0 Å². The smallest absolute Gasteiger partial charge is 0.127 e. The molecule has 0 aliphatic heterocycles. The Morgan fingerprint density at radius 1 is 1.30 bits per heavy atom. The molecule has 0 N–H and O–H groups in total. The van der Waals surface area contributed by atoms with E-state index in [1.54, 1.807) is 7.11 Å². The van der Waals surface area contributed by atoms with Crippen molar-refractivity contribution in [2.45, 2.75) is 45.0 Å². The first-order chi connectivity index (χ1) is 9.65. The average Bonchev–Trinajstić information content (AvgIpc) is 2.79. The lowest BCUT2D eigenvalue weighted by Crippen LogP contribution is -2.05. The molecule has 1 unspecified atom stereocenters. The van der Waals surface area contributed by atoms with Crippen LogP contribution < -0.4 is 0 Å². The number of benzene rings is 1. The predicted octanol–water partition coefficient (Wildman–Crippen LogP) is 4.46. The van der Waals surface area contributed by atoms with Crippen LogP contribution in [0.25, 0.3) is 11.0 Å². The zero-order chi connectivity index (χ0) is 14.5. The number of alkyl halides is 1. The lowest BCUT2D eigenvalue weighted by molar-refractivity contribution is 0.191. The fourth-order valence-corrected chi connectivity index (χ4v) is 2.70. The van der Waals surface area contributed by atoms with Crippen molar-refractivity contribution in [1.29, 1.82) is 0 Å². The first-order valence-electron chi connectivity index (χ1n) is 7.24. The van der Waals surface area contributed by atoms with Crippen LogP contribution in [0.4, 0.5) is 0 Å². The van der Waals surface area contributed by atoms with Gasteiger partial charge < -0.3 is 9.30 Å². The van der Waals surface area contributed by atoms with Crippen molar-refractivity contribution in [2.24, 2.45) is 0 Å². The lowest BCUT2D eigenvalue weighted by atomic mass is 10.2. The molecule has 20 heavy (non-hydrogen) atoms. The van der Waals surface area contributed by atoms with Gasteiger partial charge in [0.2, 0.25) is 0 Å². The third kappa shape index (κ3) is 3.33. The minimum atomic E-state index is -0.0687. The van der Waals surface area contributed by atoms with E-state index >= 15 is 0 Å². The number of halogens is 1. The number of rotatable bonds is 7. The van der Waals surface area contributed by atoms with Crippen molar-refractivity contribution in [1.82, 2.24) is 9.55 Å². The quantitative estimate of drug-likeness (QED) is 0.557. The molecule has 3 nitrogen and oxygen atoms in total. The van der Waals surface area contributed by atoms with E-state index in [0.717, 1.165) is 43.8 Å². The number of fused-ring (bicyclic) bond motifs is 1. The van der Waals surface area contributed by atoms with E-state index in [4.69, 9.17) is 21.3 Å². The summed E-state index contributed by atoms with van der Waals surface area (Å²) in [6.45, 7) is 5.89. The molecular formula is C16H23ClN2O. The van der Waals surface area contributed by atoms with Crippen LogP contribution in [0.5, 0.6) is 0 Å². The zero-order valence-corrected chi connectivity index (χ0v) is 13.3. The van der Waals surface area contributed by atoms with E-state index in [1.165, 1.54) is 11.1 Å². The van der Waals surface area contributed by atoms with Crippen LogP contribution in [0, 0.1) is 6.92 Å². The maximum absolute atomic E-state index is 6.29. The maximum Gasteiger partial charge on any atom is 0.127 e. The second-order valence-corrected chi connectivity index (χ2v) is 5.89. The van der Waals surface area contributed by atoms with Crippen LogP contribution in [0.1, 0.15) is 43.0 Å². The van der Waals surface area contributed by atoms with Gasteiger partial charge in [0, 0.05) is 20.3 Å². The van der Waals surface area contributed by atoms with Gasteiger partial charge in [0.1, 0.15) is 5.82 Å². The molecule has 1 aromatic heterocycles. The van der Waals surface area contributed by atoms with Crippen molar-refractivity contribution in [3.63, 3.8) is 0 Å². The maximum atomic E-state index is 6.29. The van der Waals surface area contributed by atoms with Crippen molar-refractivity contribution < 1.29 is 4.74 Å². The number of nitrogens with zero attached hydrogens (tertiary/aromatic N) is 2. The summed E-state index contributed by atoms with van der Waals surface area (Å²) in [5.74, 6) is 0.975. The molecule has 0 aliphatic rings. The Balaban J connectivity index is 2.21. The van der Waals surface area contributed by atoms with E-state index in [1.807, 2.05) is 6.92 Å². The number of ether oxygens (including phenoxy) is 1. The largest absolute Gasteiger partial charge is 0.385 e. The van der Waals surface area contributed by atoms with E-state index < -0.39 is 0 Å². The summed E-state index contributed by atoms with van der Waals surface area (Å²) in [6, 6.07) is 6.32. The molecule has 0 saturated heterocycles. The highest BCUT2D eigenvalue weighted by Crippen LogP contribution is 2.26.